The zero-order valence-electron chi connectivity index (χ0n) is 60.3. The molecule has 0 radical (unpaired) electrons. The number of benzene rings is 15. The Labute approximate surface area is 643 Å². The lowest BCUT2D eigenvalue weighted by atomic mass is 9.32. The summed E-state index contributed by atoms with van der Waals surface area (Å²) >= 11 is 1.90. The number of furan rings is 1. The van der Waals surface area contributed by atoms with E-state index in [2.05, 4.69) is 401 Å². The molecule has 110 heavy (non-hydrogen) atoms. The number of thiophene rings is 1. The number of allylic oxidation sites excluding steroid dienone is 1. The van der Waals surface area contributed by atoms with E-state index < -0.39 is 0 Å². The van der Waals surface area contributed by atoms with Crippen LogP contribution >= 0.6 is 11.3 Å². The van der Waals surface area contributed by atoms with Crippen molar-refractivity contribution in [3.05, 3.63) is 375 Å². The maximum atomic E-state index is 6.90. The summed E-state index contributed by atoms with van der Waals surface area (Å²) in [6.45, 7) is 4.86. The van der Waals surface area contributed by atoms with Gasteiger partial charge in [0, 0.05) is 112 Å². The van der Waals surface area contributed by atoms with Crippen molar-refractivity contribution >= 4 is 198 Å². The van der Waals surface area contributed by atoms with Gasteiger partial charge in [-0.1, -0.05) is 232 Å². The van der Waals surface area contributed by atoms with Gasteiger partial charge in [0.05, 0.1) is 5.00 Å². The minimum Gasteiger partial charge on any atom is -0.440 e. The minimum absolute atomic E-state index is 0.00931. The van der Waals surface area contributed by atoms with Crippen LogP contribution in [0.2, 0.25) is 0 Å². The summed E-state index contributed by atoms with van der Waals surface area (Å²) in [7, 11) is 0. The number of fused-ring (bicyclic) bond motifs is 17. The van der Waals surface area contributed by atoms with E-state index >= 15 is 0 Å². The minimum atomic E-state index is -0.311. The van der Waals surface area contributed by atoms with Crippen LogP contribution in [0.5, 0.6) is 0 Å². The highest BCUT2D eigenvalue weighted by Crippen LogP contribution is 2.57. The van der Waals surface area contributed by atoms with Crippen molar-refractivity contribution in [1.82, 2.24) is 0 Å². The van der Waals surface area contributed by atoms with E-state index in [-0.39, 0.29) is 25.6 Å². The first kappa shape index (κ1) is 61.7. The van der Waals surface area contributed by atoms with Crippen LogP contribution < -0.4 is 73.1 Å². The summed E-state index contributed by atoms with van der Waals surface area (Å²) in [4.78, 5) is 15.0. The van der Waals surface area contributed by atoms with Crippen LogP contribution in [0.4, 0.5) is 96.2 Å². The fourth-order valence-corrected chi connectivity index (χ4v) is 21.4. The number of nitrogens with zero attached hydrogens (tertiary/aromatic N) is 6. The van der Waals surface area contributed by atoms with E-state index in [1.807, 2.05) is 11.3 Å². The molecule has 7 aliphatic rings. The molecule has 0 unspecified atom stereocenters. The standard InChI is InChI=1S/C99H65B3N6OS/c1-99(2)75-37-12-9-34-72(75)90-96(99)106(85-47-23-44-82-93(85)100(90)76-38-13-16-41-79(76)103(82)66-28-5-3-6-29-66)71-33-22-27-65(61-71)64-26-21-32-70(60-64)105-81-43-18-15-40-78(81)102-92-74-36-11-20-51-89(74)110-98(92)108(87-49-25-46-84(105)95(87)102)69-58-54-63(55-59-69)62-52-56-68(57-53-62)104-80-42-17-14-39-77(80)101-91-73-35-10-19-50-88(73)109-97(91)107(67-30-7-4-8-31-67)86-48-24-45-83(104)94(86)101/h3-61H,1-2H3. The molecule has 17 aromatic rings. The van der Waals surface area contributed by atoms with Crippen molar-refractivity contribution in [2.75, 3.05) is 29.4 Å². The van der Waals surface area contributed by atoms with Crippen LogP contribution in [0, 0.1) is 0 Å². The molecule has 512 valence electrons. The summed E-state index contributed by atoms with van der Waals surface area (Å²) in [6, 6.07) is 133. The van der Waals surface area contributed by atoms with E-state index in [1.54, 1.807) is 0 Å². The summed E-state index contributed by atoms with van der Waals surface area (Å²) in [5.74, 6) is 0.875. The Hall–Kier alpha value is -13.5. The predicted molar refractivity (Wildman–Crippen MR) is 465 cm³/mol. The number of hydrogen-bond acceptors (Lipinski definition) is 8. The van der Waals surface area contributed by atoms with Crippen LogP contribution in [0.15, 0.2) is 368 Å². The third kappa shape index (κ3) is 8.58. The molecule has 0 amide bonds. The Morgan fingerprint density at radius 3 is 1.28 bits per heavy atom. The normalized spacial score (nSPS) is 14.7. The summed E-state index contributed by atoms with van der Waals surface area (Å²) < 4.78 is 8.19. The lowest BCUT2D eigenvalue weighted by Gasteiger charge is -2.46. The van der Waals surface area contributed by atoms with Crippen molar-refractivity contribution in [1.29, 1.82) is 0 Å². The highest BCUT2D eigenvalue weighted by atomic mass is 32.1. The molecule has 0 saturated heterocycles. The van der Waals surface area contributed by atoms with Gasteiger partial charge in [-0.25, -0.2) is 0 Å². The molecule has 0 spiro atoms. The Morgan fingerprint density at radius 1 is 0.282 bits per heavy atom. The highest BCUT2D eigenvalue weighted by Gasteiger charge is 2.53. The molecule has 8 heterocycles. The Balaban J connectivity index is 0.597. The molecule has 0 bridgehead atoms. The van der Waals surface area contributed by atoms with Crippen molar-refractivity contribution in [3.8, 4) is 22.3 Å². The van der Waals surface area contributed by atoms with Crippen LogP contribution in [-0.4, -0.2) is 20.1 Å². The molecule has 15 aromatic carbocycles. The van der Waals surface area contributed by atoms with Gasteiger partial charge in [-0.3, -0.25) is 4.90 Å². The smallest absolute Gasteiger partial charge is 0.257 e. The number of anilines is 17. The van der Waals surface area contributed by atoms with Gasteiger partial charge in [0.2, 0.25) is 5.88 Å². The fraction of sp³-hybridized carbons (Fsp3) is 0.0303. The lowest BCUT2D eigenvalue weighted by molar-refractivity contribution is 0.622. The van der Waals surface area contributed by atoms with Crippen LogP contribution in [0.3, 0.4) is 0 Å². The lowest BCUT2D eigenvalue weighted by Crippen LogP contribution is -2.61. The predicted octanol–water partition coefficient (Wildman–Crippen LogP) is 20.9. The summed E-state index contributed by atoms with van der Waals surface area (Å²) in [6.07, 6.45) is 0. The summed E-state index contributed by atoms with van der Waals surface area (Å²) in [5, 5.41) is 3.69. The van der Waals surface area contributed by atoms with Gasteiger partial charge in [0.1, 0.15) is 5.58 Å². The Morgan fingerprint density at radius 2 is 0.682 bits per heavy atom. The first-order valence-electron chi connectivity index (χ1n) is 38.2. The largest absolute Gasteiger partial charge is 0.440 e. The molecule has 7 nitrogen and oxygen atoms in total. The third-order valence-electron chi connectivity index (χ3n) is 24.6. The number of rotatable bonds is 8. The maximum Gasteiger partial charge on any atom is 0.257 e. The molecular weight excluding hydrogens is 1350 g/mol. The zero-order chi connectivity index (χ0) is 72.2. The molecular formula is C99H65B3N6OS. The molecule has 24 rings (SSSR count). The molecule has 1 aliphatic carbocycles. The Kier molecular flexibility index (Phi) is 13.0. The molecule has 0 fully saturated rings. The molecule has 0 N–H and O–H groups in total. The topological polar surface area (TPSA) is 32.6 Å². The molecule has 2 aromatic heterocycles. The fourth-order valence-electron chi connectivity index (χ4n) is 20.1. The van der Waals surface area contributed by atoms with Crippen LogP contribution in [0.1, 0.15) is 25.0 Å². The SMILES string of the molecule is CC1(C)C2=C(B3c4ccccc4N(c4ccccc4)c4cccc(c43)N2c2cccc(-c3cccc(N4c5ccccc5B5c6c4cccc6N(c4ccc(-c6ccc(N7c8ccccc8B8c9c7cccc9N(c7ccccc7)c7oc9ccccc9c78)cc6)cc4)c4sc6ccccc6c45)c3)c2)c2ccccc21. The van der Waals surface area contributed by atoms with E-state index in [0.29, 0.717) is 0 Å². The van der Waals surface area contributed by atoms with E-state index in [1.165, 1.54) is 121 Å². The summed E-state index contributed by atoms with van der Waals surface area (Å²) in [5.41, 5.74) is 38.3. The second-order valence-corrected chi connectivity index (χ2v) is 31.6. The van der Waals surface area contributed by atoms with E-state index in [0.717, 1.165) is 84.6 Å². The van der Waals surface area contributed by atoms with Gasteiger partial charge >= 0.3 is 0 Å². The van der Waals surface area contributed by atoms with Crippen molar-refractivity contribution in [2.24, 2.45) is 0 Å². The first-order chi connectivity index (χ1) is 54.4. The van der Waals surface area contributed by atoms with Crippen LogP contribution in [0.25, 0.3) is 48.8 Å². The van der Waals surface area contributed by atoms with Gasteiger partial charge in [-0.05, 0) is 222 Å². The third-order valence-corrected chi connectivity index (χ3v) is 25.7. The monoisotopic (exact) mass is 1420 g/mol. The average Bonchev–Trinajstić information content (AvgIpc) is 1.42. The molecule has 6 aliphatic heterocycles. The van der Waals surface area contributed by atoms with Gasteiger partial charge in [-0.2, -0.15) is 0 Å². The van der Waals surface area contributed by atoms with Gasteiger partial charge in [0.15, 0.2) is 0 Å². The number of para-hydroxylation sites is 6. The Bertz CT molecular complexity index is 6790. The molecule has 0 saturated carbocycles. The second-order valence-electron chi connectivity index (χ2n) is 30.6. The average molecular weight is 1420 g/mol. The van der Waals surface area contributed by atoms with Crippen molar-refractivity contribution in [3.63, 3.8) is 0 Å². The van der Waals surface area contributed by atoms with E-state index in [9.17, 15) is 0 Å². The van der Waals surface area contributed by atoms with Crippen molar-refractivity contribution in [2.45, 2.75) is 19.3 Å². The quantitative estimate of drug-likeness (QED) is 0.140. The first-order valence-corrected chi connectivity index (χ1v) is 39.1. The van der Waals surface area contributed by atoms with E-state index in [4.69, 9.17) is 4.42 Å². The zero-order valence-corrected chi connectivity index (χ0v) is 61.1. The molecule has 11 heteroatoms. The second kappa shape index (κ2) is 23.3. The van der Waals surface area contributed by atoms with Gasteiger partial charge in [-0.15, -0.1) is 11.3 Å². The van der Waals surface area contributed by atoms with Crippen LogP contribution in [-0.2, 0) is 5.41 Å². The maximum absolute atomic E-state index is 6.90. The van der Waals surface area contributed by atoms with Gasteiger partial charge < -0.3 is 28.9 Å². The highest BCUT2D eigenvalue weighted by molar-refractivity contribution is 7.26. The number of hydrogen-bond donors (Lipinski definition) is 0. The van der Waals surface area contributed by atoms with Gasteiger partial charge in [0.25, 0.3) is 20.1 Å². The van der Waals surface area contributed by atoms with Crippen molar-refractivity contribution < 1.29 is 4.42 Å². The molecule has 0 atom stereocenters.